The van der Waals surface area contributed by atoms with Gasteiger partial charge >= 0.3 is 0 Å². The van der Waals surface area contributed by atoms with Crippen molar-refractivity contribution in [1.82, 2.24) is 14.9 Å². The number of aryl methyl sites for hydroxylation is 2. The van der Waals surface area contributed by atoms with Crippen molar-refractivity contribution in [3.63, 3.8) is 0 Å². The summed E-state index contributed by atoms with van der Waals surface area (Å²) in [6.07, 6.45) is 2.50. The molecule has 0 aliphatic carbocycles. The quantitative estimate of drug-likeness (QED) is 0.637. The molecule has 0 aromatic heterocycles. The minimum Gasteiger partial charge on any atom is -0.353 e. The molecule has 1 heterocycles. The Labute approximate surface area is 190 Å². The van der Waals surface area contributed by atoms with Crippen LogP contribution in [-0.2, 0) is 21.2 Å². The third kappa shape index (κ3) is 6.17. The number of rotatable bonds is 8. The van der Waals surface area contributed by atoms with Gasteiger partial charge < -0.3 is 10.2 Å². The van der Waals surface area contributed by atoms with Crippen molar-refractivity contribution in [2.24, 2.45) is 0 Å². The standard InChI is InChI=1S/C24H31N3O4S/c1-3-25-32(30,31)21-11-9-18(2)22(17-21)24(29)27-15-13-20(14-16-27)26-23(28)12-10-19-7-5-4-6-8-19/h4-9,11,17,20,25H,3,10,12-16H2,1-2H3,(H,26,28). The van der Waals surface area contributed by atoms with Crippen molar-refractivity contribution < 1.29 is 18.0 Å². The number of sulfonamides is 1. The first-order chi connectivity index (χ1) is 15.3. The Kier molecular flexibility index (Phi) is 8.04. The molecule has 2 aromatic rings. The average Bonchev–Trinajstić information content (AvgIpc) is 2.78. The molecular weight excluding hydrogens is 426 g/mol. The molecule has 8 heteroatoms. The molecule has 0 atom stereocenters. The number of piperidine rings is 1. The lowest BCUT2D eigenvalue weighted by atomic mass is 10.0. The highest BCUT2D eigenvalue weighted by Crippen LogP contribution is 2.20. The number of carbonyl (C=O) groups is 2. The number of nitrogens with zero attached hydrogens (tertiary/aromatic N) is 1. The van der Waals surface area contributed by atoms with Crippen LogP contribution in [0, 0.1) is 6.92 Å². The van der Waals surface area contributed by atoms with E-state index in [-0.39, 0.29) is 29.3 Å². The Hall–Kier alpha value is -2.71. The van der Waals surface area contributed by atoms with Gasteiger partial charge in [-0.2, -0.15) is 0 Å². The molecule has 1 saturated heterocycles. The van der Waals surface area contributed by atoms with Gasteiger partial charge in [-0.05, 0) is 49.4 Å². The maximum absolute atomic E-state index is 13.1. The van der Waals surface area contributed by atoms with Gasteiger partial charge in [-0.1, -0.05) is 43.3 Å². The SMILES string of the molecule is CCNS(=O)(=O)c1ccc(C)c(C(=O)N2CCC(NC(=O)CCc3ccccc3)CC2)c1. The van der Waals surface area contributed by atoms with Crippen LogP contribution in [0.15, 0.2) is 53.4 Å². The molecule has 32 heavy (non-hydrogen) atoms. The number of amides is 2. The van der Waals surface area contributed by atoms with Crippen molar-refractivity contribution >= 4 is 21.8 Å². The fraction of sp³-hybridized carbons (Fsp3) is 0.417. The Balaban J connectivity index is 1.55. The van der Waals surface area contributed by atoms with Crippen LogP contribution in [0.4, 0.5) is 0 Å². The van der Waals surface area contributed by atoms with Crippen molar-refractivity contribution in [3.05, 3.63) is 65.2 Å². The second-order valence-corrected chi connectivity index (χ2v) is 9.86. The molecule has 0 unspecified atom stereocenters. The first-order valence-corrected chi connectivity index (χ1v) is 12.5. The zero-order valence-corrected chi connectivity index (χ0v) is 19.5. The molecule has 1 fully saturated rings. The molecule has 7 nitrogen and oxygen atoms in total. The molecule has 2 N–H and O–H groups in total. The van der Waals surface area contributed by atoms with Crippen LogP contribution in [0.1, 0.15) is 47.7 Å². The van der Waals surface area contributed by atoms with Gasteiger partial charge in [0.05, 0.1) is 4.90 Å². The number of nitrogens with one attached hydrogen (secondary N) is 2. The maximum atomic E-state index is 13.1. The van der Waals surface area contributed by atoms with E-state index in [2.05, 4.69) is 10.0 Å². The predicted octanol–water partition coefficient (Wildman–Crippen LogP) is 2.65. The number of benzene rings is 2. The number of hydrogen-bond donors (Lipinski definition) is 2. The van der Waals surface area contributed by atoms with Crippen LogP contribution in [0.25, 0.3) is 0 Å². The molecule has 2 aromatic carbocycles. The van der Waals surface area contributed by atoms with E-state index in [9.17, 15) is 18.0 Å². The molecular formula is C24H31N3O4S. The molecule has 1 aliphatic rings. The van der Waals surface area contributed by atoms with Gasteiger partial charge in [0.15, 0.2) is 0 Å². The lowest BCUT2D eigenvalue weighted by molar-refractivity contribution is -0.122. The number of likely N-dealkylation sites (tertiary alicyclic amines) is 1. The summed E-state index contributed by atoms with van der Waals surface area (Å²) in [6, 6.07) is 14.6. The summed E-state index contributed by atoms with van der Waals surface area (Å²) in [5.74, 6) is -0.152. The monoisotopic (exact) mass is 457 g/mol. The summed E-state index contributed by atoms with van der Waals surface area (Å²) >= 11 is 0. The number of carbonyl (C=O) groups excluding carboxylic acids is 2. The summed E-state index contributed by atoms with van der Waals surface area (Å²) in [6.45, 7) is 4.83. The number of hydrogen-bond acceptors (Lipinski definition) is 4. The summed E-state index contributed by atoms with van der Waals surface area (Å²) in [5.41, 5.74) is 2.27. The summed E-state index contributed by atoms with van der Waals surface area (Å²) in [4.78, 5) is 27.2. The summed E-state index contributed by atoms with van der Waals surface area (Å²) in [5, 5.41) is 3.08. The first kappa shape index (κ1) is 23.9. The molecule has 172 valence electrons. The van der Waals surface area contributed by atoms with Gasteiger partial charge in [0.2, 0.25) is 15.9 Å². The fourth-order valence-electron chi connectivity index (χ4n) is 3.87. The Morgan fingerprint density at radius 2 is 1.75 bits per heavy atom. The van der Waals surface area contributed by atoms with Crippen LogP contribution in [0.2, 0.25) is 0 Å². The van der Waals surface area contributed by atoms with Crippen molar-refractivity contribution in [3.8, 4) is 0 Å². The Morgan fingerprint density at radius 1 is 1.06 bits per heavy atom. The van der Waals surface area contributed by atoms with Gasteiger partial charge in [-0.3, -0.25) is 9.59 Å². The molecule has 3 rings (SSSR count). The van der Waals surface area contributed by atoms with Gasteiger partial charge in [0.1, 0.15) is 0 Å². The van der Waals surface area contributed by atoms with E-state index in [1.807, 2.05) is 30.3 Å². The van der Waals surface area contributed by atoms with Crippen molar-refractivity contribution in [2.45, 2.75) is 50.5 Å². The summed E-state index contributed by atoms with van der Waals surface area (Å²) in [7, 11) is -3.63. The van der Waals surface area contributed by atoms with Gasteiger partial charge in [-0.15, -0.1) is 0 Å². The fourth-order valence-corrected chi connectivity index (χ4v) is 4.94. The van der Waals surface area contributed by atoms with Crippen LogP contribution in [-0.4, -0.2) is 50.8 Å². The highest BCUT2D eigenvalue weighted by Gasteiger charge is 2.26. The van der Waals surface area contributed by atoms with Crippen LogP contribution >= 0.6 is 0 Å². The second-order valence-electron chi connectivity index (χ2n) is 8.10. The lowest BCUT2D eigenvalue weighted by Crippen LogP contribution is -2.46. The average molecular weight is 458 g/mol. The van der Waals surface area contributed by atoms with Gasteiger partial charge in [0.25, 0.3) is 5.91 Å². The zero-order valence-electron chi connectivity index (χ0n) is 18.6. The van der Waals surface area contributed by atoms with Crippen LogP contribution < -0.4 is 10.0 Å². The molecule has 0 radical (unpaired) electrons. The van der Waals surface area contributed by atoms with Gasteiger partial charge in [0, 0.05) is 37.7 Å². The van der Waals surface area contributed by atoms with E-state index >= 15 is 0 Å². The van der Waals surface area contributed by atoms with E-state index in [0.717, 1.165) is 11.1 Å². The normalized spacial score (nSPS) is 14.9. The minimum absolute atomic E-state index is 0.0239. The van der Waals surface area contributed by atoms with E-state index < -0.39 is 10.0 Å². The maximum Gasteiger partial charge on any atom is 0.254 e. The highest BCUT2D eigenvalue weighted by molar-refractivity contribution is 7.89. The third-order valence-corrected chi connectivity index (χ3v) is 7.26. The predicted molar refractivity (Wildman–Crippen MR) is 124 cm³/mol. The molecule has 0 bridgehead atoms. The second kappa shape index (κ2) is 10.7. The van der Waals surface area contributed by atoms with E-state index in [1.165, 1.54) is 12.1 Å². The van der Waals surface area contributed by atoms with Gasteiger partial charge in [-0.25, -0.2) is 13.1 Å². The van der Waals surface area contributed by atoms with E-state index in [4.69, 9.17) is 0 Å². The smallest absolute Gasteiger partial charge is 0.254 e. The molecule has 0 spiro atoms. The molecule has 2 amide bonds. The largest absolute Gasteiger partial charge is 0.353 e. The topological polar surface area (TPSA) is 95.6 Å². The zero-order chi connectivity index (χ0) is 23.1. The Morgan fingerprint density at radius 3 is 2.41 bits per heavy atom. The van der Waals surface area contributed by atoms with Crippen LogP contribution in [0.5, 0.6) is 0 Å². The van der Waals surface area contributed by atoms with Crippen molar-refractivity contribution in [2.75, 3.05) is 19.6 Å². The highest BCUT2D eigenvalue weighted by atomic mass is 32.2. The molecule has 0 saturated carbocycles. The molecule has 1 aliphatic heterocycles. The Bertz CT molecular complexity index is 1050. The first-order valence-electron chi connectivity index (χ1n) is 11.0. The van der Waals surface area contributed by atoms with E-state index in [0.29, 0.717) is 44.3 Å². The lowest BCUT2D eigenvalue weighted by Gasteiger charge is -2.33. The van der Waals surface area contributed by atoms with Crippen molar-refractivity contribution in [1.29, 1.82) is 0 Å². The third-order valence-electron chi connectivity index (χ3n) is 5.71. The van der Waals surface area contributed by atoms with E-state index in [1.54, 1.807) is 24.8 Å². The van der Waals surface area contributed by atoms with Crippen LogP contribution in [0.3, 0.4) is 0 Å². The summed E-state index contributed by atoms with van der Waals surface area (Å²) < 4.78 is 27.1. The minimum atomic E-state index is -3.63.